The van der Waals surface area contributed by atoms with E-state index in [4.69, 9.17) is 10.3 Å². The molecule has 1 saturated heterocycles. The molecule has 9 nitrogen and oxygen atoms in total. The van der Waals surface area contributed by atoms with Crippen LogP contribution in [0.2, 0.25) is 0 Å². The van der Waals surface area contributed by atoms with Crippen molar-refractivity contribution < 1.29 is 14.1 Å². The summed E-state index contributed by atoms with van der Waals surface area (Å²) in [7, 11) is 0. The first-order valence-corrected chi connectivity index (χ1v) is 10.3. The quantitative estimate of drug-likeness (QED) is 0.502. The van der Waals surface area contributed by atoms with Crippen LogP contribution < -0.4 is 16.0 Å². The molecule has 0 aliphatic carbocycles. The first-order valence-electron chi connectivity index (χ1n) is 10.3. The van der Waals surface area contributed by atoms with Crippen LogP contribution in [0.1, 0.15) is 22.6 Å². The SMILES string of the molecule is Cc1nccn1-c1ccc(N2CC(CNC(=O)c3ccc4onc(N)c4c3)CC2=O)cc1. The summed E-state index contributed by atoms with van der Waals surface area (Å²) in [5.74, 6) is 1.01. The molecule has 2 amide bonds. The number of rotatable bonds is 5. The van der Waals surface area contributed by atoms with Gasteiger partial charge in [-0.15, -0.1) is 0 Å². The van der Waals surface area contributed by atoms with Crippen LogP contribution in [-0.2, 0) is 4.79 Å². The van der Waals surface area contributed by atoms with Crippen molar-refractivity contribution in [1.82, 2.24) is 20.0 Å². The van der Waals surface area contributed by atoms with Crippen molar-refractivity contribution in [2.24, 2.45) is 5.92 Å². The van der Waals surface area contributed by atoms with Crippen molar-refractivity contribution in [3.63, 3.8) is 0 Å². The molecule has 3 heterocycles. The Morgan fingerprint density at radius 3 is 2.75 bits per heavy atom. The average molecular weight is 430 g/mol. The molecule has 1 atom stereocenters. The first kappa shape index (κ1) is 19.8. The van der Waals surface area contributed by atoms with Gasteiger partial charge in [-0.2, -0.15) is 0 Å². The number of carbonyl (C=O) groups is 2. The third-order valence-electron chi connectivity index (χ3n) is 5.78. The van der Waals surface area contributed by atoms with Crippen molar-refractivity contribution in [3.8, 4) is 5.69 Å². The number of anilines is 2. The lowest BCUT2D eigenvalue weighted by Crippen LogP contribution is -2.31. The lowest BCUT2D eigenvalue weighted by molar-refractivity contribution is -0.117. The van der Waals surface area contributed by atoms with Crippen molar-refractivity contribution >= 4 is 34.3 Å². The van der Waals surface area contributed by atoms with Crippen molar-refractivity contribution in [2.75, 3.05) is 23.7 Å². The van der Waals surface area contributed by atoms with Crippen LogP contribution in [0.4, 0.5) is 11.5 Å². The largest absolute Gasteiger partial charge is 0.380 e. The van der Waals surface area contributed by atoms with Gasteiger partial charge in [-0.3, -0.25) is 9.59 Å². The average Bonchev–Trinajstić information content (AvgIpc) is 3.50. The van der Waals surface area contributed by atoms with Gasteiger partial charge in [0.05, 0.1) is 5.39 Å². The van der Waals surface area contributed by atoms with E-state index in [1.54, 1.807) is 29.3 Å². The van der Waals surface area contributed by atoms with Crippen LogP contribution in [0.15, 0.2) is 59.4 Å². The van der Waals surface area contributed by atoms with Crippen LogP contribution in [-0.4, -0.2) is 39.6 Å². The number of benzene rings is 2. The molecule has 2 aromatic carbocycles. The number of nitrogen functional groups attached to an aromatic ring is 1. The van der Waals surface area contributed by atoms with E-state index in [1.165, 1.54) is 0 Å². The minimum atomic E-state index is -0.224. The number of nitrogens with zero attached hydrogens (tertiary/aromatic N) is 4. The Morgan fingerprint density at radius 1 is 1.22 bits per heavy atom. The molecule has 0 radical (unpaired) electrons. The number of imidazole rings is 1. The maximum absolute atomic E-state index is 12.6. The van der Waals surface area contributed by atoms with Gasteiger partial charge in [0.1, 0.15) is 5.82 Å². The van der Waals surface area contributed by atoms with Gasteiger partial charge in [0.15, 0.2) is 11.4 Å². The summed E-state index contributed by atoms with van der Waals surface area (Å²) < 4.78 is 7.05. The fourth-order valence-electron chi connectivity index (χ4n) is 4.05. The molecule has 4 aromatic rings. The van der Waals surface area contributed by atoms with Gasteiger partial charge < -0.3 is 25.0 Å². The highest BCUT2D eigenvalue weighted by molar-refractivity contribution is 6.00. The third-order valence-corrected chi connectivity index (χ3v) is 5.78. The third kappa shape index (κ3) is 3.58. The summed E-state index contributed by atoms with van der Waals surface area (Å²) in [6.07, 6.45) is 4.05. The Balaban J connectivity index is 1.22. The van der Waals surface area contributed by atoms with E-state index in [9.17, 15) is 9.59 Å². The Kier molecular flexibility index (Phi) is 4.85. The maximum atomic E-state index is 12.6. The first-order chi connectivity index (χ1) is 15.5. The second-order valence-electron chi connectivity index (χ2n) is 7.92. The van der Waals surface area contributed by atoms with E-state index in [-0.39, 0.29) is 23.6 Å². The van der Waals surface area contributed by atoms with Crippen LogP contribution >= 0.6 is 0 Å². The summed E-state index contributed by atoms with van der Waals surface area (Å²) in [6, 6.07) is 12.8. The molecule has 3 N–H and O–H groups in total. The molecule has 0 spiro atoms. The minimum absolute atomic E-state index is 0.0337. The molecule has 1 aliphatic heterocycles. The number of fused-ring (bicyclic) bond motifs is 1. The summed E-state index contributed by atoms with van der Waals surface area (Å²) in [5, 5.41) is 7.23. The van der Waals surface area contributed by atoms with Gasteiger partial charge in [0, 0.05) is 54.8 Å². The second-order valence-corrected chi connectivity index (χ2v) is 7.92. The van der Waals surface area contributed by atoms with Crippen molar-refractivity contribution in [3.05, 3.63) is 66.2 Å². The summed E-state index contributed by atoms with van der Waals surface area (Å²) in [4.78, 5) is 31.2. The number of amides is 2. The Labute approximate surface area is 183 Å². The van der Waals surface area contributed by atoms with Gasteiger partial charge in [-0.25, -0.2) is 4.98 Å². The molecule has 2 aromatic heterocycles. The van der Waals surface area contributed by atoms with E-state index in [2.05, 4.69) is 15.5 Å². The van der Waals surface area contributed by atoms with Gasteiger partial charge in [0.2, 0.25) is 5.91 Å². The molecule has 0 saturated carbocycles. The van der Waals surface area contributed by atoms with Crippen LogP contribution in [0.25, 0.3) is 16.7 Å². The number of carbonyl (C=O) groups excluding carboxylic acids is 2. The second kappa shape index (κ2) is 7.84. The molecule has 1 unspecified atom stereocenters. The molecule has 5 rings (SSSR count). The predicted molar refractivity (Wildman–Crippen MR) is 120 cm³/mol. The van der Waals surface area contributed by atoms with Gasteiger partial charge in [0.25, 0.3) is 5.91 Å². The van der Waals surface area contributed by atoms with Crippen LogP contribution in [0.3, 0.4) is 0 Å². The topological polar surface area (TPSA) is 119 Å². The molecule has 1 fully saturated rings. The maximum Gasteiger partial charge on any atom is 0.251 e. The monoisotopic (exact) mass is 430 g/mol. The lowest BCUT2D eigenvalue weighted by Gasteiger charge is -2.18. The lowest BCUT2D eigenvalue weighted by atomic mass is 10.1. The highest BCUT2D eigenvalue weighted by Crippen LogP contribution is 2.26. The standard InChI is InChI=1S/C23H22N6O3/c1-14-25-8-9-28(14)17-3-5-18(6-4-17)29-13-15(10-21(29)30)12-26-23(31)16-2-7-20-19(11-16)22(24)27-32-20/h2-9,11,15H,10,12-13H2,1H3,(H2,24,27)(H,26,31). The van der Waals surface area contributed by atoms with Crippen molar-refractivity contribution in [2.45, 2.75) is 13.3 Å². The Hall–Kier alpha value is -4.14. The molecular formula is C23H22N6O3. The number of aromatic nitrogens is 3. The fourth-order valence-corrected chi connectivity index (χ4v) is 4.05. The number of nitrogens with two attached hydrogens (primary N) is 1. The van der Waals surface area contributed by atoms with Gasteiger partial charge in [-0.05, 0) is 49.4 Å². The zero-order chi connectivity index (χ0) is 22.2. The number of hydrogen-bond acceptors (Lipinski definition) is 6. The van der Waals surface area contributed by atoms with E-state index in [1.807, 2.05) is 42.0 Å². The molecule has 9 heteroatoms. The summed E-state index contributed by atoms with van der Waals surface area (Å²) in [6.45, 7) is 2.90. The summed E-state index contributed by atoms with van der Waals surface area (Å²) in [5.41, 5.74) is 8.61. The van der Waals surface area contributed by atoms with E-state index in [0.717, 1.165) is 17.2 Å². The zero-order valence-electron chi connectivity index (χ0n) is 17.5. The summed E-state index contributed by atoms with van der Waals surface area (Å²) >= 11 is 0. The molecular weight excluding hydrogens is 408 g/mol. The highest BCUT2D eigenvalue weighted by atomic mass is 16.5. The number of aryl methyl sites for hydroxylation is 1. The minimum Gasteiger partial charge on any atom is -0.380 e. The van der Waals surface area contributed by atoms with Crippen molar-refractivity contribution in [1.29, 1.82) is 0 Å². The van der Waals surface area contributed by atoms with Gasteiger partial charge in [-0.1, -0.05) is 5.16 Å². The smallest absolute Gasteiger partial charge is 0.251 e. The van der Waals surface area contributed by atoms with E-state index >= 15 is 0 Å². The zero-order valence-corrected chi connectivity index (χ0v) is 17.5. The van der Waals surface area contributed by atoms with Gasteiger partial charge >= 0.3 is 0 Å². The fraction of sp³-hybridized carbons (Fsp3) is 0.217. The normalized spacial score (nSPS) is 16.1. The highest BCUT2D eigenvalue weighted by Gasteiger charge is 2.30. The van der Waals surface area contributed by atoms with E-state index < -0.39 is 0 Å². The predicted octanol–water partition coefficient (Wildman–Crippen LogP) is 2.69. The Morgan fingerprint density at radius 2 is 2.00 bits per heavy atom. The molecule has 32 heavy (non-hydrogen) atoms. The molecule has 0 bridgehead atoms. The molecule has 1 aliphatic rings. The van der Waals surface area contributed by atoms with E-state index in [0.29, 0.717) is 36.0 Å². The number of nitrogens with one attached hydrogen (secondary N) is 1. The number of hydrogen-bond donors (Lipinski definition) is 2. The van der Waals surface area contributed by atoms with Crippen LogP contribution in [0.5, 0.6) is 0 Å². The van der Waals surface area contributed by atoms with Crippen LogP contribution in [0, 0.1) is 12.8 Å². The Bertz CT molecular complexity index is 1310. The molecule has 162 valence electrons.